The number of hydrogen-bond acceptors (Lipinski definition) is 2. The molecule has 1 aliphatic heterocycles. The third kappa shape index (κ3) is 1.70. The molecule has 0 aliphatic carbocycles. The zero-order chi connectivity index (χ0) is 11.0. The van der Waals surface area contributed by atoms with Crippen LogP contribution in [-0.4, -0.2) is 18.5 Å². The Kier molecular flexibility index (Phi) is 2.63. The molecule has 0 radical (unpaired) electrons. The highest BCUT2D eigenvalue weighted by atomic mass is 35.5. The van der Waals surface area contributed by atoms with Gasteiger partial charge in [0.25, 0.3) is 0 Å². The normalized spacial score (nSPS) is 21.1. The predicted octanol–water partition coefficient (Wildman–Crippen LogP) is 1.54. The van der Waals surface area contributed by atoms with E-state index in [9.17, 15) is 9.18 Å². The molecule has 5 heteroatoms. The maximum Gasteiger partial charge on any atom is 0.244 e. The SMILES string of the molecule is NC1CCN(c2c(F)cccc2Cl)C1=O. The van der Waals surface area contributed by atoms with Crippen molar-refractivity contribution in [2.24, 2.45) is 5.73 Å². The number of hydrogen-bond donors (Lipinski definition) is 1. The van der Waals surface area contributed by atoms with E-state index in [-0.39, 0.29) is 16.6 Å². The molecule has 2 N–H and O–H groups in total. The van der Waals surface area contributed by atoms with Gasteiger partial charge in [-0.3, -0.25) is 4.79 Å². The Morgan fingerprint density at radius 2 is 2.27 bits per heavy atom. The first kappa shape index (κ1) is 10.4. The van der Waals surface area contributed by atoms with Gasteiger partial charge in [0.15, 0.2) is 0 Å². The summed E-state index contributed by atoms with van der Waals surface area (Å²) in [7, 11) is 0. The molecule has 1 heterocycles. The average Bonchev–Trinajstić information content (AvgIpc) is 2.49. The first-order chi connectivity index (χ1) is 7.11. The molecule has 2 rings (SSSR count). The van der Waals surface area contributed by atoms with E-state index >= 15 is 0 Å². The van der Waals surface area contributed by atoms with E-state index in [2.05, 4.69) is 0 Å². The third-order valence-electron chi connectivity index (χ3n) is 2.45. The highest BCUT2D eigenvalue weighted by molar-refractivity contribution is 6.34. The lowest BCUT2D eigenvalue weighted by Gasteiger charge is -2.18. The maximum absolute atomic E-state index is 13.5. The zero-order valence-electron chi connectivity index (χ0n) is 7.91. The molecule has 0 spiro atoms. The fraction of sp³-hybridized carbons (Fsp3) is 0.300. The lowest BCUT2D eigenvalue weighted by Crippen LogP contribution is -2.34. The van der Waals surface area contributed by atoms with Crippen molar-refractivity contribution in [3.63, 3.8) is 0 Å². The molecule has 0 saturated carbocycles. The molecule has 1 saturated heterocycles. The summed E-state index contributed by atoms with van der Waals surface area (Å²) in [5, 5.41) is 0.234. The highest BCUT2D eigenvalue weighted by Crippen LogP contribution is 2.31. The van der Waals surface area contributed by atoms with Crippen molar-refractivity contribution < 1.29 is 9.18 Å². The second-order valence-electron chi connectivity index (χ2n) is 3.46. The Balaban J connectivity index is 2.42. The van der Waals surface area contributed by atoms with Crippen LogP contribution < -0.4 is 10.6 Å². The molecule has 0 bridgehead atoms. The van der Waals surface area contributed by atoms with Gasteiger partial charge in [0.2, 0.25) is 5.91 Å². The second-order valence-corrected chi connectivity index (χ2v) is 3.86. The van der Waals surface area contributed by atoms with Crippen molar-refractivity contribution in [1.82, 2.24) is 0 Å². The summed E-state index contributed by atoms with van der Waals surface area (Å²) in [5.74, 6) is -0.771. The maximum atomic E-state index is 13.5. The smallest absolute Gasteiger partial charge is 0.244 e. The zero-order valence-corrected chi connectivity index (χ0v) is 8.67. The lowest BCUT2D eigenvalue weighted by molar-refractivity contribution is -0.118. The van der Waals surface area contributed by atoms with E-state index < -0.39 is 11.9 Å². The van der Waals surface area contributed by atoms with Gasteiger partial charge in [-0.1, -0.05) is 17.7 Å². The van der Waals surface area contributed by atoms with Crippen LogP contribution in [0.15, 0.2) is 18.2 Å². The summed E-state index contributed by atoms with van der Waals surface area (Å²) < 4.78 is 13.5. The van der Waals surface area contributed by atoms with Gasteiger partial charge < -0.3 is 10.6 Å². The molecule has 80 valence electrons. The number of halogens is 2. The number of amides is 1. The minimum Gasteiger partial charge on any atom is -0.320 e. The van der Waals surface area contributed by atoms with Crippen LogP contribution in [0.25, 0.3) is 0 Å². The van der Waals surface area contributed by atoms with Gasteiger partial charge in [-0.2, -0.15) is 0 Å². The molecule has 0 aromatic heterocycles. The summed E-state index contributed by atoms with van der Waals surface area (Å²) in [6.07, 6.45) is 0.531. The molecule has 3 nitrogen and oxygen atoms in total. The van der Waals surface area contributed by atoms with Gasteiger partial charge in [-0.25, -0.2) is 4.39 Å². The number of nitrogens with zero attached hydrogens (tertiary/aromatic N) is 1. The quantitative estimate of drug-likeness (QED) is 0.793. The van der Waals surface area contributed by atoms with E-state index in [0.717, 1.165) is 0 Å². The molecule has 1 amide bonds. The fourth-order valence-corrected chi connectivity index (χ4v) is 1.94. The average molecular weight is 229 g/mol. The van der Waals surface area contributed by atoms with Gasteiger partial charge in [0.05, 0.1) is 16.8 Å². The topological polar surface area (TPSA) is 46.3 Å². The van der Waals surface area contributed by atoms with Gasteiger partial charge in [-0.15, -0.1) is 0 Å². The van der Waals surface area contributed by atoms with Crippen molar-refractivity contribution in [2.45, 2.75) is 12.5 Å². The largest absolute Gasteiger partial charge is 0.320 e. The van der Waals surface area contributed by atoms with Crippen LogP contribution in [0.1, 0.15) is 6.42 Å². The van der Waals surface area contributed by atoms with Gasteiger partial charge >= 0.3 is 0 Å². The first-order valence-corrected chi connectivity index (χ1v) is 5.00. The molecule has 1 aromatic rings. The van der Waals surface area contributed by atoms with E-state index in [1.54, 1.807) is 6.07 Å². The van der Waals surface area contributed by atoms with Crippen LogP contribution in [0.3, 0.4) is 0 Å². The summed E-state index contributed by atoms with van der Waals surface area (Å²) in [5.41, 5.74) is 5.69. The summed E-state index contributed by atoms with van der Waals surface area (Å²) in [6.45, 7) is 0.417. The molecule has 1 aromatic carbocycles. The Hall–Kier alpha value is -1.13. The number of carbonyl (C=O) groups excluding carboxylic acids is 1. The van der Waals surface area contributed by atoms with Crippen molar-refractivity contribution in [2.75, 3.05) is 11.4 Å². The van der Waals surface area contributed by atoms with Gasteiger partial charge in [-0.05, 0) is 18.6 Å². The molecule has 1 atom stereocenters. The summed E-state index contributed by atoms with van der Waals surface area (Å²) in [6, 6.07) is 3.79. The number of anilines is 1. The molecule has 1 aliphatic rings. The van der Waals surface area contributed by atoms with Crippen LogP contribution in [0.5, 0.6) is 0 Å². The van der Waals surface area contributed by atoms with Crippen LogP contribution in [-0.2, 0) is 4.79 Å². The predicted molar refractivity (Wildman–Crippen MR) is 56.4 cm³/mol. The lowest BCUT2D eigenvalue weighted by atomic mass is 10.2. The number of benzene rings is 1. The number of para-hydroxylation sites is 1. The number of nitrogens with two attached hydrogens (primary N) is 1. The second kappa shape index (κ2) is 3.79. The highest BCUT2D eigenvalue weighted by Gasteiger charge is 2.32. The van der Waals surface area contributed by atoms with Gasteiger partial charge in [0.1, 0.15) is 5.82 Å². The first-order valence-electron chi connectivity index (χ1n) is 4.62. The number of rotatable bonds is 1. The van der Waals surface area contributed by atoms with Crippen molar-refractivity contribution in [1.29, 1.82) is 0 Å². The Bertz CT molecular complexity index is 390. The summed E-state index contributed by atoms with van der Waals surface area (Å²) in [4.78, 5) is 12.9. The Morgan fingerprint density at radius 3 is 2.80 bits per heavy atom. The van der Waals surface area contributed by atoms with Crippen LogP contribution >= 0.6 is 11.6 Å². The third-order valence-corrected chi connectivity index (χ3v) is 2.76. The van der Waals surface area contributed by atoms with Crippen molar-refractivity contribution >= 4 is 23.2 Å². The standard InChI is InChI=1S/C10H10ClFN2O/c11-6-2-1-3-7(12)9(6)14-5-4-8(13)10(14)15/h1-3,8H,4-5,13H2. The monoisotopic (exact) mass is 228 g/mol. The molecule has 1 fully saturated rings. The van der Waals surface area contributed by atoms with Gasteiger partial charge in [0, 0.05) is 6.54 Å². The number of carbonyl (C=O) groups is 1. The van der Waals surface area contributed by atoms with E-state index in [0.29, 0.717) is 13.0 Å². The molecular weight excluding hydrogens is 219 g/mol. The minimum absolute atomic E-state index is 0.136. The van der Waals surface area contributed by atoms with Crippen LogP contribution in [0, 0.1) is 5.82 Å². The van der Waals surface area contributed by atoms with Crippen LogP contribution in [0.2, 0.25) is 5.02 Å². The Labute approximate surface area is 91.6 Å². The summed E-state index contributed by atoms with van der Waals surface area (Å²) >= 11 is 5.85. The van der Waals surface area contributed by atoms with Crippen molar-refractivity contribution in [3.8, 4) is 0 Å². The van der Waals surface area contributed by atoms with E-state index in [1.807, 2.05) is 0 Å². The van der Waals surface area contributed by atoms with E-state index in [1.165, 1.54) is 17.0 Å². The molecular formula is C10H10ClFN2O. The molecule has 15 heavy (non-hydrogen) atoms. The van der Waals surface area contributed by atoms with E-state index in [4.69, 9.17) is 17.3 Å². The Morgan fingerprint density at radius 1 is 1.53 bits per heavy atom. The minimum atomic E-state index is -0.541. The fourth-order valence-electron chi connectivity index (χ4n) is 1.67. The molecule has 1 unspecified atom stereocenters. The van der Waals surface area contributed by atoms with Crippen LogP contribution in [0.4, 0.5) is 10.1 Å². The van der Waals surface area contributed by atoms with Crippen molar-refractivity contribution in [3.05, 3.63) is 29.0 Å².